The van der Waals surface area contributed by atoms with E-state index in [-0.39, 0.29) is 0 Å². The quantitative estimate of drug-likeness (QED) is 0.857. The Balaban J connectivity index is 2.03. The first-order chi connectivity index (χ1) is 9.03. The summed E-state index contributed by atoms with van der Waals surface area (Å²) in [4.78, 5) is 3.19. The molecule has 0 atom stereocenters. The van der Waals surface area contributed by atoms with Gasteiger partial charge in [-0.25, -0.2) is 13.1 Å². The average molecular weight is 316 g/mol. The molecule has 0 radical (unpaired) electrons. The Morgan fingerprint density at radius 3 is 2.74 bits per heavy atom. The normalized spacial score (nSPS) is 11.9. The first-order valence-corrected chi connectivity index (χ1v) is 9.02. The first kappa shape index (κ1) is 14.7. The monoisotopic (exact) mass is 316 g/mol. The summed E-state index contributed by atoms with van der Waals surface area (Å²) in [5, 5.41) is 1.99. The maximum Gasteiger partial charge on any atom is 0.241 e. The van der Waals surface area contributed by atoms with Gasteiger partial charge >= 0.3 is 0 Å². The molecular weight excluding hydrogens is 300 g/mol. The fraction of sp³-hybridized carbons (Fsp3) is 0.333. The lowest BCUT2D eigenvalue weighted by molar-refractivity contribution is 0.581. The van der Waals surface area contributed by atoms with E-state index in [1.165, 1.54) is 16.2 Å². The minimum absolute atomic E-state index is 0.351. The molecule has 0 aliphatic carbocycles. The van der Waals surface area contributed by atoms with Crippen molar-refractivity contribution in [3.63, 3.8) is 0 Å². The lowest BCUT2D eigenvalue weighted by atomic mass is 10.3. The van der Waals surface area contributed by atoms with E-state index >= 15 is 0 Å². The highest BCUT2D eigenvalue weighted by Gasteiger charge is 2.19. The standard InChI is InChI=1S/C12H16N2O2S3/c1-9-12(7-11(8-13)18-9)19(15,16)14-5-4-10-3-2-6-17-10/h2-3,6-7,14H,4-5,8,13H2,1H3. The molecule has 0 aliphatic heterocycles. The highest BCUT2D eigenvalue weighted by molar-refractivity contribution is 7.89. The Morgan fingerprint density at radius 2 is 2.16 bits per heavy atom. The van der Waals surface area contributed by atoms with Gasteiger partial charge in [0.05, 0.1) is 4.90 Å². The molecule has 7 heteroatoms. The summed E-state index contributed by atoms with van der Waals surface area (Å²) in [5.74, 6) is 0. The summed E-state index contributed by atoms with van der Waals surface area (Å²) >= 11 is 3.06. The Kier molecular flexibility index (Phi) is 4.75. The van der Waals surface area contributed by atoms with Crippen LogP contribution >= 0.6 is 22.7 Å². The molecule has 0 aliphatic rings. The maximum atomic E-state index is 12.2. The van der Waals surface area contributed by atoms with E-state index in [4.69, 9.17) is 5.73 Å². The van der Waals surface area contributed by atoms with Crippen molar-refractivity contribution < 1.29 is 8.42 Å². The second kappa shape index (κ2) is 6.15. The predicted molar refractivity (Wildman–Crippen MR) is 80.2 cm³/mol. The molecule has 0 bridgehead atoms. The zero-order valence-electron chi connectivity index (χ0n) is 10.5. The van der Waals surface area contributed by atoms with E-state index in [0.29, 0.717) is 24.4 Å². The van der Waals surface area contributed by atoms with Crippen molar-refractivity contribution in [2.75, 3.05) is 6.54 Å². The maximum absolute atomic E-state index is 12.2. The summed E-state index contributed by atoms with van der Waals surface area (Å²) in [6, 6.07) is 5.62. The number of hydrogen-bond donors (Lipinski definition) is 2. The zero-order valence-corrected chi connectivity index (χ0v) is 13.0. The second-order valence-corrected chi connectivity index (χ2v) is 8.17. The minimum Gasteiger partial charge on any atom is -0.326 e. The molecule has 0 amide bonds. The molecule has 2 aromatic rings. The number of aryl methyl sites for hydroxylation is 1. The number of rotatable bonds is 6. The molecule has 104 valence electrons. The van der Waals surface area contributed by atoms with E-state index in [9.17, 15) is 8.42 Å². The molecule has 0 spiro atoms. The van der Waals surface area contributed by atoms with Gasteiger partial charge in [0.1, 0.15) is 0 Å². The average Bonchev–Trinajstić information content (AvgIpc) is 2.98. The van der Waals surface area contributed by atoms with Crippen LogP contribution in [0.25, 0.3) is 0 Å². The molecule has 19 heavy (non-hydrogen) atoms. The van der Waals surface area contributed by atoms with Gasteiger partial charge in [0.2, 0.25) is 10.0 Å². The topological polar surface area (TPSA) is 72.2 Å². The van der Waals surface area contributed by atoms with E-state index in [1.807, 2.05) is 17.5 Å². The highest BCUT2D eigenvalue weighted by atomic mass is 32.2. The zero-order chi connectivity index (χ0) is 13.9. The van der Waals surface area contributed by atoms with Crippen LogP contribution in [0, 0.1) is 6.92 Å². The van der Waals surface area contributed by atoms with E-state index in [0.717, 1.165) is 9.75 Å². The van der Waals surface area contributed by atoms with Crippen LogP contribution in [0.2, 0.25) is 0 Å². The van der Waals surface area contributed by atoms with Crippen molar-refractivity contribution in [1.82, 2.24) is 4.72 Å². The van der Waals surface area contributed by atoms with Crippen molar-refractivity contribution in [3.8, 4) is 0 Å². The predicted octanol–water partition coefficient (Wildman–Crippen LogP) is 2.10. The van der Waals surface area contributed by atoms with Crippen molar-refractivity contribution in [2.24, 2.45) is 5.73 Å². The molecule has 0 saturated carbocycles. The molecule has 3 N–H and O–H groups in total. The van der Waals surface area contributed by atoms with Gasteiger partial charge in [-0.1, -0.05) is 6.07 Å². The van der Waals surface area contributed by atoms with Gasteiger partial charge in [-0.2, -0.15) is 0 Å². The SMILES string of the molecule is Cc1sc(CN)cc1S(=O)(=O)NCCc1cccs1. The van der Waals surface area contributed by atoms with Crippen molar-refractivity contribution in [3.05, 3.63) is 38.2 Å². The number of nitrogens with one attached hydrogen (secondary N) is 1. The van der Waals surface area contributed by atoms with E-state index in [2.05, 4.69) is 4.72 Å². The number of thiophene rings is 2. The van der Waals surface area contributed by atoms with Crippen LogP contribution in [0.5, 0.6) is 0 Å². The number of hydrogen-bond acceptors (Lipinski definition) is 5. The fourth-order valence-electron chi connectivity index (χ4n) is 1.73. The van der Waals surface area contributed by atoms with Crippen molar-refractivity contribution in [1.29, 1.82) is 0 Å². The smallest absolute Gasteiger partial charge is 0.241 e. The van der Waals surface area contributed by atoms with E-state index < -0.39 is 10.0 Å². The van der Waals surface area contributed by atoms with Crippen LogP contribution in [-0.4, -0.2) is 15.0 Å². The lowest BCUT2D eigenvalue weighted by Gasteiger charge is -2.05. The minimum atomic E-state index is -3.42. The second-order valence-electron chi connectivity index (χ2n) is 4.06. The van der Waals surface area contributed by atoms with Crippen LogP contribution < -0.4 is 10.5 Å². The molecule has 2 rings (SSSR count). The first-order valence-electron chi connectivity index (χ1n) is 5.84. The van der Waals surface area contributed by atoms with Crippen LogP contribution in [0.4, 0.5) is 0 Å². The molecule has 0 unspecified atom stereocenters. The third-order valence-corrected chi connectivity index (χ3v) is 6.38. The largest absolute Gasteiger partial charge is 0.326 e. The Morgan fingerprint density at radius 1 is 1.37 bits per heavy atom. The Labute approximate surface area is 121 Å². The molecule has 2 heterocycles. The van der Waals surface area contributed by atoms with Crippen LogP contribution in [0.1, 0.15) is 14.6 Å². The molecular formula is C12H16N2O2S3. The molecule has 4 nitrogen and oxygen atoms in total. The van der Waals surface area contributed by atoms with Gasteiger partial charge in [-0.05, 0) is 30.9 Å². The van der Waals surface area contributed by atoms with Gasteiger partial charge in [0.15, 0.2) is 0 Å². The van der Waals surface area contributed by atoms with Crippen molar-refractivity contribution in [2.45, 2.75) is 24.8 Å². The third-order valence-electron chi connectivity index (χ3n) is 2.66. The number of sulfonamides is 1. The Bertz CT molecular complexity index is 630. The van der Waals surface area contributed by atoms with Gasteiger partial charge in [-0.3, -0.25) is 0 Å². The van der Waals surface area contributed by atoms with Crippen LogP contribution in [-0.2, 0) is 23.0 Å². The fourth-order valence-corrected chi connectivity index (χ4v) is 4.99. The lowest BCUT2D eigenvalue weighted by Crippen LogP contribution is -2.26. The third kappa shape index (κ3) is 3.64. The number of nitrogens with two attached hydrogens (primary N) is 1. The van der Waals surface area contributed by atoms with Crippen molar-refractivity contribution >= 4 is 32.7 Å². The van der Waals surface area contributed by atoms with Gasteiger partial charge in [0.25, 0.3) is 0 Å². The van der Waals surface area contributed by atoms with Gasteiger partial charge in [0, 0.05) is 27.7 Å². The summed E-state index contributed by atoms with van der Waals surface area (Å²) in [7, 11) is -3.42. The summed E-state index contributed by atoms with van der Waals surface area (Å²) in [5.41, 5.74) is 5.54. The van der Waals surface area contributed by atoms with E-state index in [1.54, 1.807) is 24.3 Å². The summed E-state index contributed by atoms with van der Waals surface area (Å²) < 4.78 is 27.0. The van der Waals surface area contributed by atoms with Gasteiger partial charge < -0.3 is 5.73 Å². The van der Waals surface area contributed by atoms with Gasteiger partial charge in [-0.15, -0.1) is 22.7 Å². The molecule has 0 saturated heterocycles. The summed E-state index contributed by atoms with van der Waals surface area (Å²) in [6.45, 7) is 2.59. The molecule has 0 aromatic carbocycles. The summed E-state index contributed by atoms with van der Waals surface area (Å²) in [6.07, 6.45) is 0.712. The van der Waals surface area contributed by atoms with Crippen LogP contribution in [0.15, 0.2) is 28.5 Å². The van der Waals surface area contributed by atoms with Crippen LogP contribution in [0.3, 0.4) is 0 Å². The highest BCUT2D eigenvalue weighted by Crippen LogP contribution is 2.25. The molecule has 0 fully saturated rings. The Hall–Kier alpha value is -0.730. The molecule has 2 aromatic heterocycles.